The average molecular weight is 381 g/mol. The van der Waals surface area contributed by atoms with Crippen molar-refractivity contribution in [3.8, 4) is 29.0 Å². The fourth-order valence-electron chi connectivity index (χ4n) is 1.98. The van der Waals surface area contributed by atoms with Gasteiger partial charge in [0.2, 0.25) is 0 Å². The standard InChI is InChI=1S/C14H7BrF2N4O2/c15-9-3-6(1-2-10(9)23-14(16)17)11-7(4-18)12(20)21-13(22)8(11)5-19/h1-3,14H,(H3,20,21,22). The average Bonchev–Trinajstić information content (AvgIpc) is 2.48. The number of nitrogen functional groups attached to an aromatic ring is 1. The number of halogens is 3. The summed E-state index contributed by atoms with van der Waals surface area (Å²) in [6.07, 6.45) is 0. The summed E-state index contributed by atoms with van der Waals surface area (Å²) in [7, 11) is 0. The van der Waals surface area contributed by atoms with Crippen molar-refractivity contribution in [1.29, 1.82) is 10.5 Å². The summed E-state index contributed by atoms with van der Waals surface area (Å²) < 4.78 is 29.0. The number of H-pyrrole nitrogens is 1. The fourth-order valence-corrected chi connectivity index (χ4v) is 2.45. The van der Waals surface area contributed by atoms with Gasteiger partial charge in [0, 0.05) is 5.56 Å². The van der Waals surface area contributed by atoms with Gasteiger partial charge in [-0.05, 0) is 33.6 Å². The molecule has 0 radical (unpaired) electrons. The monoisotopic (exact) mass is 380 g/mol. The zero-order valence-electron chi connectivity index (χ0n) is 11.2. The molecular weight excluding hydrogens is 374 g/mol. The third kappa shape index (κ3) is 3.15. The first-order valence-corrected chi connectivity index (χ1v) is 6.79. The van der Waals surface area contributed by atoms with Gasteiger partial charge in [0.1, 0.15) is 34.8 Å². The predicted octanol–water partition coefficient (Wildman–Crippen LogP) is 2.73. The molecule has 0 bridgehead atoms. The smallest absolute Gasteiger partial charge is 0.387 e. The Kier molecular flexibility index (Phi) is 4.63. The van der Waals surface area contributed by atoms with E-state index in [1.165, 1.54) is 18.2 Å². The van der Waals surface area contributed by atoms with Gasteiger partial charge in [0.25, 0.3) is 5.56 Å². The molecule has 116 valence electrons. The first-order valence-electron chi connectivity index (χ1n) is 5.99. The van der Waals surface area contributed by atoms with E-state index >= 15 is 0 Å². The van der Waals surface area contributed by atoms with E-state index in [2.05, 4.69) is 25.7 Å². The summed E-state index contributed by atoms with van der Waals surface area (Å²) in [5, 5.41) is 18.4. The van der Waals surface area contributed by atoms with Crippen LogP contribution in [-0.2, 0) is 0 Å². The van der Waals surface area contributed by atoms with Crippen molar-refractivity contribution in [2.45, 2.75) is 6.61 Å². The number of hydrogen-bond acceptors (Lipinski definition) is 5. The van der Waals surface area contributed by atoms with Crippen LogP contribution in [0.3, 0.4) is 0 Å². The highest BCUT2D eigenvalue weighted by atomic mass is 79.9. The zero-order chi connectivity index (χ0) is 17.1. The molecule has 0 amide bonds. The normalized spacial score (nSPS) is 10.2. The molecule has 3 N–H and O–H groups in total. The van der Waals surface area contributed by atoms with Crippen molar-refractivity contribution >= 4 is 21.7 Å². The summed E-state index contributed by atoms with van der Waals surface area (Å²) in [6, 6.07) is 7.46. The molecule has 0 unspecified atom stereocenters. The van der Waals surface area contributed by atoms with Crippen molar-refractivity contribution in [3.05, 3.63) is 44.2 Å². The predicted molar refractivity (Wildman–Crippen MR) is 80.7 cm³/mol. The van der Waals surface area contributed by atoms with E-state index in [1.807, 2.05) is 6.07 Å². The maximum atomic E-state index is 12.3. The third-order valence-electron chi connectivity index (χ3n) is 2.90. The van der Waals surface area contributed by atoms with Gasteiger partial charge in [0.05, 0.1) is 4.47 Å². The number of alkyl halides is 2. The number of benzene rings is 1. The van der Waals surface area contributed by atoms with Gasteiger partial charge in [0.15, 0.2) is 0 Å². The lowest BCUT2D eigenvalue weighted by atomic mass is 9.96. The van der Waals surface area contributed by atoms with Gasteiger partial charge in [-0.15, -0.1) is 0 Å². The molecule has 0 aliphatic rings. The Hall–Kier alpha value is -2.91. The minimum absolute atomic E-state index is 0.0283. The van der Waals surface area contributed by atoms with Crippen LogP contribution in [0.5, 0.6) is 5.75 Å². The van der Waals surface area contributed by atoms with Gasteiger partial charge in [-0.1, -0.05) is 6.07 Å². The first kappa shape index (κ1) is 16.5. The minimum Gasteiger partial charge on any atom is -0.434 e. The molecule has 0 aliphatic heterocycles. The zero-order valence-corrected chi connectivity index (χ0v) is 12.8. The van der Waals surface area contributed by atoms with Crippen LogP contribution in [0, 0.1) is 22.7 Å². The van der Waals surface area contributed by atoms with E-state index in [9.17, 15) is 18.8 Å². The molecule has 0 aliphatic carbocycles. The number of ether oxygens (including phenoxy) is 1. The Morgan fingerprint density at radius 2 is 1.91 bits per heavy atom. The van der Waals surface area contributed by atoms with E-state index in [0.29, 0.717) is 0 Å². The van der Waals surface area contributed by atoms with Crippen LogP contribution in [0.2, 0.25) is 0 Å². The van der Waals surface area contributed by atoms with Crippen LogP contribution < -0.4 is 16.0 Å². The van der Waals surface area contributed by atoms with Crippen LogP contribution in [0.25, 0.3) is 11.1 Å². The Balaban J connectivity index is 2.73. The molecule has 0 saturated carbocycles. The fraction of sp³-hybridized carbons (Fsp3) is 0.0714. The van der Waals surface area contributed by atoms with Gasteiger partial charge in [-0.2, -0.15) is 19.3 Å². The highest BCUT2D eigenvalue weighted by molar-refractivity contribution is 9.10. The summed E-state index contributed by atoms with van der Waals surface area (Å²) in [6.45, 7) is -3.00. The number of nitrogens with two attached hydrogens (primary N) is 1. The second-order valence-corrected chi connectivity index (χ2v) is 5.09. The Morgan fingerprint density at radius 3 is 2.43 bits per heavy atom. The molecule has 0 fully saturated rings. The van der Waals surface area contributed by atoms with E-state index < -0.39 is 12.2 Å². The van der Waals surface area contributed by atoms with Gasteiger partial charge in [-0.25, -0.2) is 0 Å². The number of nitrogens with one attached hydrogen (secondary N) is 1. The van der Waals surface area contributed by atoms with E-state index in [4.69, 9.17) is 11.0 Å². The summed E-state index contributed by atoms with van der Waals surface area (Å²) >= 11 is 3.06. The van der Waals surface area contributed by atoms with Crippen LogP contribution in [0.15, 0.2) is 27.5 Å². The molecule has 2 aromatic rings. The van der Waals surface area contributed by atoms with Gasteiger partial charge >= 0.3 is 6.61 Å². The molecule has 1 heterocycles. The molecule has 23 heavy (non-hydrogen) atoms. The van der Waals surface area contributed by atoms with E-state index in [0.717, 1.165) is 0 Å². The molecule has 2 rings (SSSR count). The molecule has 1 aromatic heterocycles. The summed E-state index contributed by atoms with van der Waals surface area (Å²) in [5.74, 6) is -0.311. The topological polar surface area (TPSA) is 116 Å². The maximum Gasteiger partial charge on any atom is 0.387 e. The number of hydrogen-bond donors (Lipinski definition) is 2. The first-order chi connectivity index (χ1) is 10.9. The quantitative estimate of drug-likeness (QED) is 0.848. The van der Waals surface area contributed by atoms with Crippen LogP contribution in [0.4, 0.5) is 14.6 Å². The van der Waals surface area contributed by atoms with Crippen molar-refractivity contribution in [1.82, 2.24) is 4.98 Å². The SMILES string of the molecule is N#Cc1c(N)[nH]c(=O)c(C#N)c1-c1ccc(OC(F)F)c(Br)c1. The molecule has 0 spiro atoms. The molecule has 9 heteroatoms. The Morgan fingerprint density at radius 1 is 1.26 bits per heavy atom. The lowest BCUT2D eigenvalue weighted by molar-refractivity contribution is -0.0503. The lowest BCUT2D eigenvalue weighted by Crippen LogP contribution is -2.16. The van der Waals surface area contributed by atoms with Crippen molar-refractivity contribution in [2.75, 3.05) is 5.73 Å². The number of rotatable bonds is 3. The third-order valence-corrected chi connectivity index (χ3v) is 3.52. The van der Waals surface area contributed by atoms with Crippen LogP contribution in [-0.4, -0.2) is 11.6 Å². The van der Waals surface area contributed by atoms with Crippen molar-refractivity contribution in [3.63, 3.8) is 0 Å². The van der Waals surface area contributed by atoms with E-state index in [-0.39, 0.29) is 38.3 Å². The highest BCUT2D eigenvalue weighted by Gasteiger charge is 2.19. The maximum absolute atomic E-state index is 12.3. The highest BCUT2D eigenvalue weighted by Crippen LogP contribution is 2.34. The second kappa shape index (κ2) is 6.46. The molecule has 0 atom stereocenters. The molecule has 0 saturated heterocycles. The molecule has 6 nitrogen and oxygen atoms in total. The summed E-state index contributed by atoms with van der Waals surface area (Å²) in [5.41, 5.74) is 4.78. The van der Waals surface area contributed by atoms with E-state index in [1.54, 1.807) is 6.07 Å². The number of aromatic amines is 1. The molecule has 1 aromatic carbocycles. The van der Waals surface area contributed by atoms with Crippen LogP contribution >= 0.6 is 15.9 Å². The van der Waals surface area contributed by atoms with Crippen molar-refractivity contribution in [2.24, 2.45) is 0 Å². The number of pyridine rings is 1. The number of aromatic nitrogens is 1. The molecular formula is C14H7BrF2N4O2. The Labute approximate surface area is 136 Å². The second-order valence-electron chi connectivity index (χ2n) is 4.24. The largest absolute Gasteiger partial charge is 0.434 e. The van der Waals surface area contributed by atoms with Crippen molar-refractivity contribution < 1.29 is 13.5 Å². The van der Waals surface area contributed by atoms with Gasteiger partial charge < -0.3 is 15.5 Å². The van der Waals surface area contributed by atoms with Gasteiger partial charge in [-0.3, -0.25) is 4.79 Å². The Bertz CT molecular complexity index is 913. The number of anilines is 1. The number of nitrogens with zero attached hydrogens (tertiary/aromatic N) is 2. The summed E-state index contributed by atoms with van der Waals surface area (Å²) in [4.78, 5) is 14.0. The minimum atomic E-state index is -3.00. The van der Waals surface area contributed by atoms with Crippen LogP contribution in [0.1, 0.15) is 11.1 Å². The number of nitriles is 2. The lowest BCUT2D eigenvalue weighted by Gasteiger charge is -2.11.